The first-order valence-electron chi connectivity index (χ1n) is 6.50. The van der Waals surface area contributed by atoms with Gasteiger partial charge in [-0.15, -0.1) is 0 Å². The summed E-state index contributed by atoms with van der Waals surface area (Å²) in [6.07, 6.45) is 1.81. The Balaban J connectivity index is 2.24. The van der Waals surface area contributed by atoms with Gasteiger partial charge in [-0.05, 0) is 30.8 Å². The summed E-state index contributed by atoms with van der Waals surface area (Å²) in [5.41, 5.74) is 8.16. The standard InChI is InChI=1S/C15H21N3O/c1-18(8-9-19-2)15(11-16)13-5-6-14-12(10-13)4-3-7-17-14/h3-7,10,15H,8-9,11,16H2,1-2H3. The second kappa shape index (κ2) is 6.61. The van der Waals surface area contributed by atoms with Gasteiger partial charge in [0.2, 0.25) is 0 Å². The van der Waals surface area contributed by atoms with Crippen molar-refractivity contribution in [3.8, 4) is 0 Å². The topological polar surface area (TPSA) is 51.4 Å². The molecule has 0 spiro atoms. The summed E-state index contributed by atoms with van der Waals surface area (Å²) in [5.74, 6) is 0. The molecule has 0 amide bonds. The van der Waals surface area contributed by atoms with Crippen LogP contribution in [0.5, 0.6) is 0 Å². The van der Waals surface area contributed by atoms with Gasteiger partial charge < -0.3 is 10.5 Å². The number of methoxy groups -OCH3 is 1. The van der Waals surface area contributed by atoms with Gasteiger partial charge in [-0.2, -0.15) is 0 Å². The first-order valence-corrected chi connectivity index (χ1v) is 6.50. The number of aromatic nitrogens is 1. The Bertz CT molecular complexity index is 530. The van der Waals surface area contributed by atoms with Crippen LogP contribution in [0.15, 0.2) is 36.5 Å². The predicted molar refractivity (Wildman–Crippen MR) is 78.0 cm³/mol. The highest BCUT2D eigenvalue weighted by Gasteiger charge is 2.15. The zero-order valence-corrected chi connectivity index (χ0v) is 11.5. The molecular weight excluding hydrogens is 238 g/mol. The van der Waals surface area contributed by atoms with Gasteiger partial charge in [-0.25, -0.2) is 0 Å². The molecule has 0 aliphatic carbocycles. The molecule has 1 unspecified atom stereocenters. The smallest absolute Gasteiger partial charge is 0.0702 e. The molecule has 1 atom stereocenters. The number of nitrogens with zero attached hydrogens (tertiary/aromatic N) is 2. The third-order valence-corrected chi connectivity index (χ3v) is 3.42. The Morgan fingerprint density at radius 3 is 2.95 bits per heavy atom. The zero-order valence-electron chi connectivity index (χ0n) is 11.5. The molecule has 0 fully saturated rings. The van der Waals surface area contributed by atoms with E-state index in [1.165, 1.54) is 5.56 Å². The first-order chi connectivity index (χ1) is 9.26. The van der Waals surface area contributed by atoms with Crippen molar-refractivity contribution in [1.82, 2.24) is 9.88 Å². The summed E-state index contributed by atoms with van der Waals surface area (Å²) in [4.78, 5) is 6.56. The maximum atomic E-state index is 5.92. The van der Waals surface area contributed by atoms with Gasteiger partial charge in [0, 0.05) is 37.8 Å². The Hall–Kier alpha value is -1.49. The van der Waals surface area contributed by atoms with E-state index in [1.54, 1.807) is 7.11 Å². The van der Waals surface area contributed by atoms with Gasteiger partial charge in [0.25, 0.3) is 0 Å². The van der Waals surface area contributed by atoms with Crippen molar-refractivity contribution in [3.63, 3.8) is 0 Å². The highest BCUT2D eigenvalue weighted by atomic mass is 16.5. The van der Waals surface area contributed by atoms with E-state index >= 15 is 0 Å². The van der Waals surface area contributed by atoms with Crippen LogP contribution in [0.2, 0.25) is 0 Å². The van der Waals surface area contributed by atoms with Gasteiger partial charge >= 0.3 is 0 Å². The second-order valence-corrected chi connectivity index (χ2v) is 4.68. The molecule has 1 aromatic carbocycles. The highest BCUT2D eigenvalue weighted by molar-refractivity contribution is 5.79. The Morgan fingerprint density at radius 2 is 2.21 bits per heavy atom. The average Bonchev–Trinajstić information content (AvgIpc) is 2.45. The largest absolute Gasteiger partial charge is 0.383 e. The molecule has 4 nitrogen and oxygen atoms in total. The predicted octanol–water partition coefficient (Wildman–Crippen LogP) is 1.81. The third kappa shape index (κ3) is 3.29. The summed E-state index contributed by atoms with van der Waals surface area (Å²) in [7, 11) is 3.79. The van der Waals surface area contributed by atoms with Crippen molar-refractivity contribution < 1.29 is 4.74 Å². The Kier molecular flexibility index (Phi) is 4.85. The van der Waals surface area contributed by atoms with Crippen LogP contribution in [-0.4, -0.2) is 43.7 Å². The molecule has 2 aromatic rings. The minimum absolute atomic E-state index is 0.208. The molecule has 2 N–H and O–H groups in total. The number of likely N-dealkylation sites (N-methyl/N-ethyl adjacent to an activating group) is 1. The van der Waals surface area contributed by atoms with Gasteiger partial charge in [0.15, 0.2) is 0 Å². The molecule has 1 aromatic heterocycles. The van der Waals surface area contributed by atoms with E-state index in [0.717, 1.165) is 17.4 Å². The number of benzene rings is 1. The number of fused-ring (bicyclic) bond motifs is 1. The van der Waals surface area contributed by atoms with Crippen LogP contribution in [0.3, 0.4) is 0 Å². The fourth-order valence-corrected chi connectivity index (χ4v) is 2.26. The molecule has 0 aliphatic heterocycles. The maximum Gasteiger partial charge on any atom is 0.0702 e. The van der Waals surface area contributed by atoms with Crippen molar-refractivity contribution in [3.05, 3.63) is 42.1 Å². The van der Waals surface area contributed by atoms with Crippen LogP contribution in [0.1, 0.15) is 11.6 Å². The molecule has 0 saturated carbocycles. The molecule has 102 valence electrons. The summed E-state index contributed by atoms with van der Waals surface area (Å²) in [5, 5.41) is 1.15. The quantitative estimate of drug-likeness (QED) is 0.859. The lowest BCUT2D eigenvalue weighted by Gasteiger charge is -2.27. The van der Waals surface area contributed by atoms with Gasteiger partial charge in [-0.1, -0.05) is 12.1 Å². The number of nitrogens with two attached hydrogens (primary N) is 1. The van der Waals surface area contributed by atoms with Crippen molar-refractivity contribution in [1.29, 1.82) is 0 Å². The minimum atomic E-state index is 0.208. The lowest BCUT2D eigenvalue weighted by atomic mass is 10.0. The number of hydrogen-bond donors (Lipinski definition) is 1. The first kappa shape index (κ1) is 13.9. The molecule has 0 radical (unpaired) electrons. The monoisotopic (exact) mass is 259 g/mol. The number of ether oxygens (including phenoxy) is 1. The Morgan fingerprint density at radius 1 is 1.37 bits per heavy atom. The number of pyridine rings is 1. The maximum absolute atomic E-state index is 5.92. The van der Waals surface area contributed by atoms with Gasteiger partial charge in [0.1, 0.15) is 0 Å². The van der Waals surface area contributed by atoms with Crippen LogP contribution in [0.4, 0.5) is 0 Å². The van der Waals surface area contributed by atoms with E-state index in [2.05, 4.69) is 41.2 Å². The van der Waals surface area contributed by atoms with Crippen molar-refractivity contribution in [2.75, 3.05) is 33.9 Å². The van der Waals surface area contributed by atoms with E-state index in [4.69, 9.17) is 10.5 Å². The summed E-state index contributed by atoms with van der Waals surface area (Å²) in [6.45, 7) is 2.16. The van der Waals surface area contributed by atoms with Crippen LogP contribution < -0.4 is 5.73 Å². The van der Waals surface area contributed by atoms with E-state index in [9.17, 15) is 0 Å². The van der Waals surface area contributed by atoms with Crippen LogP contribution in [0, 0.1) is 0 Å². The van der Waals surface area contributed by atoms with Crippen LogP contribution in [0.25, 0.3) is 10.9 Å². The van der Waals surface area contributed by atoms with Crippen molar-refractivity contribution >= 4 is 10.9 Å². The van der Waals surface area contributed by atoms with Crippen LogP contribution in [-0.2, 0) is 4.74 Å². The highest BCUT2D eigenvalue weighted by Crippen LogP contribution is 2.22. The van der Waals surface area contributed by atoms with Gasteiger partial charge in [0.05, 0.1) is 12.1 Å². The lowest BCUT2D eigenvalue weighted by Crippen LogP contribution is -2.32. The molecule has 0 saturated heterocycles. The fraction of sp³-hybridized carbons (Fsp3) is 0.400. The molecule has 0 aliphatic rings. The van der Waals surface area contributed by atoms with Gasteiger partial charge in [-0.3, -0.25) is 9.88 Å². The fourth-order valence-electron chi connectivity index (χ4n) is 2.26. The van der Waals surface area contributed by atoms with E-state index in [-0.39, 0.29) is 6.04 Å². The number of hydrogen-bond acceptors (Lipinski definition) is 4. The molecule has 2 rings (SSSR count). The van der Waals surface area contributed by atoms with Crippen LogP contribution >= 0.6 is 0 Å². The zero-order chi connectivity index (χ0) is 13.7. The minimum Gasteiger partial charge on any atom is -0.383 e. The molecule has 0 bridgehead atoms. The molecule has 1 heterocycles. The third-order valence-electron chi connectivity index (χ3n) is 3.42. The summed E-state index contributed by atoms with van der Waals surface area (Å²) < 4.78 is 5.12. The Labute approximate surface area is 114 Å². The lowest BCUT2D eigenvalue weighted by molar-refractivity contribution is 0.140. The molecule has 4 heteroatoms. The summed E-state index contributed by atoms with van der Waals surface area (Å²) in [6, 6.07) is 10.6. The molecular formula is C15H21N3O. The summed E-state index contributed by atoms with van der Waals surface area (Å²) >= 11 is 0. The van der Waals surface area contributed by atoms with Crippen molar-refractivity contribution in [2.24, 2.45) is 5.73 Å². The second-order valence-electron chi connectivity index (χ2n) is 4.68. The van der Waals surface area contributed by atoms with Crippen molar-refractivity contribution in [2.45, 2.75) is 6.04 Å². The molecule has 19 heavy (non-hydrogen) atoms. The van der Waals surface area contributed by atoms with E-state index in [0.29, 0.717) is 13.2 Å². The van der Waals surface area contributed by atoms with E-state index < -0.39 is 0 Å². The average molecular weight is 259 g/mol. The normalized spacial score (nSPS) is 13.1. The number of rotatable bonds is 6. The SMILES string of the molecule is COCCN(C)C(CN)c1ccc2ncccc2c1. The van der Waals surface area contributed by atoms with E-state index in [1.807, 2.05) is 12.3 Å².